The number of hydrogen-bond acceptors (Lipinski definition) is 6. The van der Waals surface area contributed by atoms with Crippen molar-refractivity contribution in [3.8, 4) is 0 Å². The zero-order valence-corrected chi connectivity index (χ0v) is 48.4. The lowest BCUT2D eigenvalue weighted by molar-refractivity contribution is -0.166. The van der Waals surface area contributed by atoms with Gasteiger partial charge in [-0.2, -0.15) is 0 Å². The fourth-order valence-corrected chi connectivity index (χ4v) is 7.54. The summed E-state index contributed by atoms with van der Waals surface area (Å²) in [6, 6.07) is 0. The number of rotatable bonds is 52. The maximum Gasteiger partial charge on any atom is 0.306 e. The molecule has 0 bridgehead atoms. The summed E-state index contributed by atoms with van der Waals surface area (Å²) in [5.74, 6) is -1.04. The van der Waals surface area contributed by atoms with Gasteiger partial charge in [0.05, 0.1) is 0 Å². The minimum absolute atomic E-state index is 0.120. The lowest BCUT2D eigenvalue weighted by Crippen LogP contribution is -2.30. The van der Waals surface area contributed by atoms with Crippen LogP contribution in [0.5, 0.6) is 0 Å². The van der Waals surface area contributed by atoms with E-state index in [1.807, 2.05) is 12.2 Å². The van der Waals surface area contributed by atoms with Crippen LogP contribution in [0, 0.1) is 0 Å². The number of unbranched alkanes of at least 4 members (excludes halogenated alkanes) is 13. The Labute approximate surface area is 466 Å². The highest BCUT2D eigenvalue weighted by molar-refractivity contribution is 5.71. The first-order valence-corrected chi connectivity index (χ1v) is 30.1. The fraction of sp³-hybridized carbons (Fsp3) is 0.557. The topological polar surface area (TPSA) is 78.9 Å². The molecule has 0 amide bonds. The third kappa shape index (κ3) is 59.6. The Bertz CT molecular complexity index is 1770. The molecule has 6 nitrogen and oxygen atoms in total. The molecule has 76 heavy (non-hydrogen) atoms. The van der Waals surface area contributed by atoms with E-state index >= 15 is 0 Å². The van der Waals surface area contributed by atoms with Crippen LogP contribution < -0.4 is 0 Å². The van der Waals surface area contributed by atoms with Gasteiger partial charge in [-0.05, 0) is 122 Å². The molecule has 0 heterocycles. The molecule has 1 unspecified atom stereocenters. The van der Waals surface area contributed by atoms with E-state index in [4.69, 9.17) is 14.2 Å². The van der Waals surface area contributed by atoms with E-state index in [2.05, 4.69) is 179 Å². The van der Waals surface area contributed by atoms with Gasteiger partial charge in [0, 0.05) is 19.3 Å². The highest BCUT2D eigenvalue weighted by atomic mass is 16.6. The first-order valence-electron chi connectivity index (χ1n) is 30.1. The van der Waals surface area contributed by atoms with Gasteiger partial charge >= 0.3 is 17.9 Å². The largest absolute Gasteiger partial charge is 0.462 e. The van der Waals surface area contributed by atoms with Gasteiger partial charge in [0.2, 0.25) is 0 Å². The van der Waals surface area contributed by atoms with Gasteiger partial charge < -0.3 is 14.2 Å². The van der Waals surface area contributed by atoms with Crippen molar-refractivity contribution >= 4 is 17.9 Å². The van der Waals surface area contributed by atoms with Gasteiger partial charge in [-0.15, -0.1) is 0 Å². The van der Waals surface area contributed by atoms with Gasteiger partial charge in [0.15, 0.2) is 6.10 Å². The van der Waals surface area contributed by atoms with Crippen molar-refractivity contribution in [2.24, 2.45) is 0 Å². The standard InChI is InChI=1S/C70H108O6/c1-4-7-10-13-16-19-22-24-25-26-27-28-29-30-31-32-33-34-35-36-37-38-39-40-41-42-43-44-45-47-48-51-54-57-60-63-69(72)75-66-67(65-74-68(71)62-59-56-53-50-21-18-15-12-9-6-3)76-70(73)64-61-58-55-52-49-46-23-20-17-14-11-8-5-2/h7-8,10-11,16-17,19-20,24-25,27-28,30-31,33-34,36-37,39-40,42-43,45-47,49,55,58,67H,4-6,9,12-15,18,21-23,26,29,32,35,38,41,44,48,50-54,56-57,59-66H2,1-3H3/b10-7-,11-8-,19-16-,20-17-,25-24-,28-27-,31-30-,34-33-,37-36-,40-39-,43-42-,47-45-,49-46-,58-55-. The highest BCUT2D eigenvalue weighted by Crippen LogP contribution is 2.13. The van der Waals surface area contributed by atoms with E-state index < -0.39 is 12.1 Å². The second-order valence-electron chi connectivity index (χ2n) is 19.1. The van der Waals surface area contributed by atoms with Crippen LogP contribution in [-0.4, -0.2) is 37.2 Å². The van der Waals surface area contributed by atoms with Crippen LogP contribution in [0.4, 0.5) is 0 Å². The molecule has 0 saturated heterocycles. The molecule has 424 valence electrons. The second kappa shape index (κ2) is 62.3. The summed E-state index contributed by atoms with van der Waals surface area (Å²) >= 11 is 0. The Morgan fingerprint density at radius 2 is 0.539 bits per heavy atom. The van der Waals surface area contributed by atoms with Gasteiger partial charge in [0.1, 0.15) is 13.2 Å². The second-order valence-corrected chi connectivity index (χ2v) is 19.1. The van der Waals surface area contributed by atoms with Crippen LogP contribution in [0.3, 0.4) is 0 Å². The summed E-state index contributed by atoms with van der Waals surface area (Å²) in [6.45, 7) is 6.29. The molecular formula is C70H108O6. The number of carbonyl (C=O) groups is 3. The minimum Gasteiger partial charge on any atom is -0.462 e. The molecule has 0 aliphatic carbocycles. The molecule has 0 rings (SSSR count). The molecule has 1 atom stereocenters. The number of ether oxygens (including phenoxy) is 3. The molecule has 0 aliphatic rings. The SMILES string of the molecule is CC/C=C\C/C=C\C/C=C\C/C=C\C/C=C\C/C=C\C/C=C\C/C=C\C/C=C\C/C=C\CCCCCCC(=O)OCC(COC(=O)CCCCCCCCCCCC)OC(=O)CC/C=C\C/C=C\C/C=C\C/C=C\CC. The molecule has 0 fully saturated rings. The predicted molar refractivity (Wildman–Crippen MR) is 329 cm³/mol. The van der Waals surface area contributed by atoms with E-state index in [9.17, 15) is 14.4 Å². The molecule has 0 aromatic rings. The van der Waals surface area contributed by atoms with Crippen LogP contribution in [0.1, 0.15) is 233 Å². The van der Waals surface area contributed by atoms with Crippen LogP contribution >= 0.6 is 0 Å². The summed E-state index contributed by atoms with van der Waals surface area (Å²) in [5.41, 5.74) is 0. The van der Waals surface area contributed by atoms with E-state index in [1.54, 1.807) is 0 Å². The third-order valence-electron chi connectivity index (χ3n) is 12.0. The monoisotopic (exact) mass is 1040 g/mol. The molecule has 0 aromatic heterocycles. The minimum atomic E-state index is -0.832. The summed E-state index contributed by atoms with van der Waals surface area (Å²) < 4.78 is 16.7. The number of esters is 3. The summed E-state index contributed by atoms with van der Waals surface area (Å²) in [7, 11) is 0. The molecule has 0 saturated carbocycles. The van der Waals surface area contributed by atoms with E-state index in [-0.39, 0.29) is 31.6 Å². The smallest absolute Gasteiger partial charge is 0.306 e. The average Bonchev–Trinajstić information content (AvgIpc) is 3.42. The highest BCUT2D eigenvalue weighted by Gasteiger charge is 2.19. The Balaban J connectivity index is 4.30. The quantitative estimate of drug-likeness (QED) is 0.0261. The number of carbonyl (C=O) groups excluding carboxylic acids is 3. The first-order chi connectivity index (χ1) is 37.5. The summed E-state index contributed by atoms with van der Waals surface area (Å²) in [4.78, 5) is 38.0. The predicted octanol–water partition coefficient (Wildman–Crippen LogP) is 20.7. The Morgan fingerprint density at radius 3 is 0.855 bits per heavy atom. The molecular weight excluding hydrogens is 937 g/mol. The van der Waals surface area contributed by atoms with Crippen LogP contribution in [-0.2, 0) is 28.6 Å². The van der Waals surface area contributed by atoms with Gasteiger partial charge in [0.25, 0.3) is 0 Å². The van der Waals surface area contributed by atoms with Crippen molar-refractivity contribution < 1.29 is 28.6 Å². The zero-order chi connectivity index (χ0) is 55.0. The first kappa shape index (κ1) is 70.8. The molecule has 0 spiro atoms. The molecule has 6 heteroatoms. The van der Waals surface area contributed by atoms with Crippen molar-refractivity contribution in [1.29, 1.82) is 0 Å². The van der Waals surface area contributed by atoms with Crippen LogP contribution in [0.15, 0.2) is 170 Å². The molecule has 0 aromatic carbocycles. The summed E-state index contributed by atoms with van der Waals surface area (Å²) in [5, 5.41) is 0. The van der Waals surface area contributed by atoms with E-state index in [0.717, 1.165) is 141 Å². The molecule has 0 aliphatic heterocycles. The van der Waals surface area contributed by atoms with Crippen molar-refractivity contribution in [1.82, 2.24) is 0 Å². The van der Waals surface area contributed by atoms with E-state index in [0.29, 0.717) is 19.3 Å². The Kier molecular flexibility index (Phi) is 58.0. The number of hydrogen-bond donors (Lipinski definition) is 0. The van der Waals surface area contributed by atoms with Crippen molar-refractivity contribution in [2.75, 3.05) is 13.2 Å². The number of allylic oxidation sites excluding steroid dienone is 28. The zero-order valence-electron chi connectivity index (χ0n) is 48.4. The Hall–Kier alpha value is -5.23. The van der Waals surface area contributed by atoms with Crippen molar-refractivity contribution in [2.45, 2.75) is 239 Å². The third-order valence-corrected chi connectivity index (χ3v) is 12.0. The van der Waals surface area contributed by atoms with Crippen LogP contribution in [0.2, 0.25) is 0 Å². The van der Waals surface area contributed by atoms with Crippen LogP contribution in [0.25, 0.3) is 0 Å². The van der Waals surface area contributed by atoms with Gasteiger partial charge in [-0.25, -0.2) is 0 Å². The molecule has 0 radical (unpaired) electrons. The van der Waals surface area contributed by atoms with Crippen molar-refractivity contribution in [3.05, 3.63) is 170 Å². The molecule has 0 N–H and O–H groups in total. The lowest BCUT2D eigenvalue weighted by Gasteiger charge is -2.18. The average molecular weight is 1050 g/mol. The van der Waals surface area contributed by atoms with Gasteiger partial charge in [-0.3, -0.25) is 14.4 Å². The summed E-state index contributed by atoms with van der Waals surface area (Å²) in [6.07, 6.45) is 92.4. The maximum atomic E-state index is 12.8. The van der Waals surface area contributed by atoms with Crippen molar-refractivity contribution in [3.63, 3.8) is 0 Å². The maximum absolute atomic E-state index is 12.8. The lowest BCUT2D eigenvalue weighted by atomic mass is 10.1. The Morgan fingerprint density at radius 1 is 0.276 bits per heavy atom. The normalized spacial score (nSPS) is 13.4. The fourth-order valence-electron chi connectivity index (χ4n) is 7.54. The van der Waals surface area contributed by atoms with Gasteiger partial charge in [-0.1, -0.05) is 262 Å². The van der Waals surface area contributed by atoms with E-state index in [1.165, 1.54) is 44.9 Å².